The third kappa shape index (κ3) is 3.27. The normalized spacial score (nSPS) is 16.7. The minimum atomic E-state index is -0.301. The summed E-state index contributed by atoms with van der Waals surface area (Å²) in [6, 6.07) is 22.2. The highest BCUT2D eigenvalue weighted by Gasteiger charge is 2.32. The molecule has 0 saturated carbocycles. The predicted molar refractivity (Wildman–Crippen MR) is 108 cm³/mol. The smallest absolute Gasteiger partial charge is 0.148 e. The molecule has 2 nitrogen and oxygen atoms in total. The summed E-state index contributed by atoms with van der Waals surface area (Å²) in [7, 11) is 0. The van der Waals surface area contributed by atoms with Crippen molar-refractivity contribution >= 4 is 38.9 Å². The molecule has 1 aliphatic heterocycles. The number of hydrogen-bond acceptors (Lipinski definition) is 2. The zero-order chi connectivity index (χ0) is 18.1. The van der Waals surface area contributed by atoms with Crippen LogP contribution in [0.5, 0.6) is 0 Å². The molecule has 0 bridgehead atoms. The molecule has 4 rings (SSSR count). The van der Waals surface area contributed by atoms with E-state index in [-0.39, 0.29) is 11.9 Å². The average molecular weight is 430 g/mol. The number of halogens is 3. The summed E-state index contributed by atoms with van der Waals surface area (Å²) in [6.07, 6.45) is 0.652. The Kier molecular flexibility index (Phi) is 4.79. The molecule has 0 fully saturated rings. The van der Waals surface area contributed by atoms with Crippen LogP contribution in [0.1, 0.15) is 23.6 Å². The fourth-order valence-corrected chi connectivity index (χ4v) is 3.70. The molecule has 0 aliphatic carbocycles. The van der Waals surface area contributed by atoms with E-state index in [0.29, 0.717) is 17.1 Å². The molecule has 0 spiro atoms. The summed E-state index contributed by atoms with van der Waals surface area (Å²) in [5, 5.41) is 7.16. The van der Waals surface area contributed by atoms with Gasteiger partial charge < -0.3 is 0 Å². The van der Waals surface area contributed by atoms with Crippen molar-refractivity contribution in [2.24, 2.45) is 5.10 Å². The number of anilines is 1. The monoisotopic (exact) mass is 428 g/mol. The van der Waals surface area contributed by atoms with Crippen molar-refractivity contribution in [3.05, 3.63) is 99.2 Å². The highest BCUT2D eigenvalue weighted by atomic mass is 79.9. The Bertz CT molecular complexity index is 972. The van der Waals surface area contributed by atoms with Crippen molar-refractivity contribution in [1.82, 2.24) is 0 Å². The van der Waals surface area contributed by atoms with Gasteiger partial charge in [-0.15, -0.1) is 0 Å². The van der Waals surface area contributed by atoms with E-state index in [4.69, 9.17) is 16.7 Å². The summed E-state index contributed by atoms with van der Waals surface area (Å²) in [5.41, 5.74) is 3.31. The largest absolute Gasteiger partial charge is 0.254 e. The van der Waals surface area contributed by atoms with Crippen molar-refractivity contribution in [3.63, 3.8) is 0 Å². The highest BCUT2D eigenvalue weighted by Crippen LogP contribution is 2.40. The summed E-state index contributed by atoms with van der Waals surface area (Å²) in [4.78, 5) is 0. The summed E-state index contributed by atoms with van der Waals surface area (Å²) in [5.74, 6) is -0.301. The first-order valence-electron chi connectivity index (χ1n) is 8.25. The highest BCUT2D eigenvalue weighted by molar-refractivity contribution is 9.10. The SMILES string of the molecule is Fc1ccccc1N1N=C(c2ccc(Br)cc2)C[C@@H]1c1ccccc1Cl. The number of hydrogen-bond donors (Lipinski definition) is 0. The Hall–Kier alpha value is -2.17. The van der Waals surface area contributed by atoms with Gasteiger partial charge in [0.05, 0.1) is 17.4 Å². The van der Waals surface area contributed by atoms with Gasteiger partial charge in [-0.1, -0.05) is 70.0 Å². The van der Waals surface area contributed by atoms with Crippen LogP contribution in [-0.4, -0.2) is 5.71 Å². The molecule has 1 aliphatic rings. The van der Waals surface area contributed by atoms with Crippen molar-refractivity contribution < 1.29 is 4.39 Å². The third-order valence-corrected chi connectivity index (χ3v) is 5.32. The Balaban J connectivity index is 1.80. The first kappa shape index (κ1) is 17.3. The number of benzene rings is 3. The number of rotatable bonds is 3. The Morgan fingerprint density at radius 2 is 1.65 bits per heavy atom. The fourth-order valence-electron chi connectivity index (χ4n) is 3.17. The summed E-state index contributed by atoms with van der Waals surface area (Å²) < 4.78 is 15.5. The molecule has 130 valence electrons. The Morgan fingerprint density at radius 1 is 0.962 bits per heavy atom. The lowest BCUT2D eigenvalue weighted by atomic mass is 9.98. The lowest BCUT2D eigenvalue weighted by molar-refractivity contribution is 0.606. The van der Waals surface area contributed by atoms with Gasteiger partial charge in [0.25, 0.3) is 0 Å². The maximum Gasteiger partial charge on any atom is 0.148 e. The zero-order valence-electron chi connectivity index (χ0n) is 13.7. The van der Waals surface area contributed by atoms with Gasteiger partial charge in [-0.05, 0) is 41.5 Å². The quantitative estimate of drug-likeness (QED) is 0.458. The van der Waals surface area contributed by atoms with Crippen LogP contribution in [0.3, 0.4) is 0 Å². The van der Waals surface area contributed by atoms with Gasteiger partial charge in [0.2, 0.25) is 0 Å². The van der Waals surface area contributed by atoms with E-state index >= 15 is 0 Å². The molecule has 1 atom stereocenters. The maximum absolute atomic E-state index is 14.5. The first-order chi connectivity index (χ1) is 12.6. The molecular formula is C21H15BrClFN2. The number of para-hydroxylation sites is 1. The summed E-state index contributed by atoms with van der Waals surface area (Å²) >= 11 is 9.89. The van der Waals surface area contributed by atoms with Crippen LogP contribution in [0.25, 0.3) is 0 Å². The van der Waals surface area contributed by atoms with Crippen LogP contribution in [0.4, 0.5) is 10.1 Å². The van der Waals surface area contributed by atoms with E-state index in [1.165, 1.54) is 6.07 Å². The van der Waals surface area contributed by atoms with Crippen LogP contribution < -0.4 is 5.01 Å². The first-order valence-corrected chi connectivity index (χ1v) is 9.42. The molecule has 3 aromatic rings. The Morgan fingerprint density at radius 3 is 2.38 bits per heavy atom. The second-order valence-electron chi connectivity index (χ2n) is 6.09. The molecule has 0 amide bonds. The van der Waals surface area contributed by atoms with Gasteiger partial charge in [0.1, 0.15) is 5.82 Å². The van der Waals surface area contributed by atoms with Crippen LogP contribution in [0.15, 0.2) is 82.4 Å². The molecule has 5 heteroatoms. The van der Waals surface area contributed by atoms with E-state index in [1.807, 2.05) is 54.6 Å². The van der Waals surface area contributed by atoms with Crippen LogP contribution in [-0.2, 0) is 0 Å². The lowest BCUT2D eigenvalue weighted by Crippen LogP contribution is -2.19. The predicted octanol–water partition coefficient (Wildman–Crippen LogP) is 6.60. The van der Waals surface area contributed by atoms with Gasteiger partial charge in [0, 0.05) is 15.9 Å². The van der Waals surface area contributed by atoms with E-state index in [9.17, 15) is 4.39 Å². The minimum Gasteiger partial charge on any atom is -0.254 e. The van der Waals surface area contributed by atoms with Crippen molar-refractivity contribution in [1.29, 1.82) is 0 Å². The van der Waals surface area contributed by atoms with Gasteiger partial charge in [-0.25, -0.2) is 4.39 Å². The molecule has 0 radical (unpaired) electrons. The van der Waals surface area contributed by atoms with E-state index < -0.39 is 0 Å². The third-order valence-electron chi connectivity index (χ3n) is 4.45. The summed E-state index contributed by atoms with van der Waals surface area (Å²) in [6.45, 7) is 0. The van der Waals surface area contributed by atoms with E-state index in [1.54, 1.807) is 17.1 Å². The van der Waals surface area contributed by atoms with Gasteiger partial charge in [-0.3, -0.25) is 5.01 Å². The lowest BCUT2D eigenvalue weighted by Gasteiger charge is -2.25. The molecule has 0 unspecified atom stereocenters. The molecule has 0 aromatic heterocycles. The van der Waals surface area contributed by atoms with Gasteiger partial charge >= 0.3 is 0 Å². The molecule has 26 heavy (non-hydrogen) atoms. The standard InChI is InChI=1S/C21H15BrClFN2/c22-15-11-9-14(10-12-15)19-13-21(16-5-1-2-6-17(16)23)26(25-19)20-8-4-3-7-18(20)24/h1-12,21H,13H2/t21-/m1/s1. The van der Waals surface area contributed by atoms with Crippen LogP contribution >= 0.6 is 27.5 Å². The minimum absolute atomic E-state index is 0.153. The second kappa shape index (κ2) is 7.22. The van der Waals surface area contributed by atoms with Gasteiger partial charge in [0.15, 0.2) is 0 Å². The average Bonchev–Trinajstić information content (AvgIpc) is 3.08. The van der Waals surface area contributed by atoms with Gasteiger partial charge in [-0.2, -0.15) is 5.10 Å². The van der Waals surface area contributed by atoms with Crippen LogP contribution in [0, 0.1) is 5.82 Å². The molecule has 0 saturated heterocycles. The molecule has 1 heterocycles. The Labute approximate surface area is 165 Å². The maximum atomic E-state index is 14.5. The molecule has 3 aromatic carbocycles. The van der Waals surface area contributed by atoms with Crippen molar-refractivity contribution in [2.75, 3.05) is 5.01 Å². The van der Waals surface area contributed by atoms with Crippen molar-refractivity contribution in [3.8, 4) is 0 Å². The number of hydrazone groups is 1. The topological polar surface area (TPSA) is 15.6 Å². The molecule has 0 N–H and O–H groups in total. The fraction of sp³-hybridized carbons (Fsp3) is 0.0952. The molecular weight excluding hydrogens is 415 g/mol. The second-order valence-corrected chi connectivity index (χ2v) is 7.41. The number of nitrogens with zero attached hydrogens (tertiary/aromatic N) is 2. The van der Waals surface area contributed by atoms with E-state index in [0.717, 1.165) is 21.3 Å². The van der Waals surface area contributed by atoms with E-state index in [2.05, 4.69) is 15.9 Å². The van der Waals surface area contributed by atoms with Crippen molar-refractivity contribution in [2.45, 2.75) is 12.5 Å². The van der Waals surface area contributed by atoms with Crippen LogP contribution in [0.2, 0.25) is 5.02 Å². The zero-order valence-corrected chi connectivity index (χ0v) is 16.1.